The molecule has 51 heavy (non-hydrogen) atoms. The minimum Gasteiger partial charge on any atom is -0.444 e. The second-order valence-electron chi connectivity index (χ2n) is 15.7. The van der Waals surface area contributed by atoms with Crippen LogP contribution >= 0.6 is 30.6 Å². The molecule has 5 atom stereocenters. The van der Waals surface area contributed by atoms with E-state index in [4.69, 9.17) is 35.1 Å². The van der Waals surface area contributed by atoms with E-state index in [2.05, 4.69) is 46.7 Å². The van der Waals surface area contributed by atoms with Gasteiger partial charge >= 0.3 is 18.3 Å². The van der Waals surface area contributed by atoms with E-state index in [0.29, 0.717) is 5.92 Å². The van der Waals surface area contributed by atoms with Gasteiger partial charge in [-0.2, -0.15) is 13.5 Å². The van der Waals surface area contributed by atoms with E-state index in [1.165, 1.54) is 5.57 Å². The van der Waals surface area contributed by atoms with E-state index in [-0.39, 0.29) is 62.8 Å². The first kappa shape index (κ1) is 47.0. The van der Waals surface area contributed by atoms with E-state index >= 15 is 0 Å². The molecule has 1 aliphatic heterocycles. The van der Waals surface area contributed by atoms with Crippen LogP contribution < -0.4 is 21.3 Å². The summed E-state index contributed by atoms with van der Waals surface area (Å²) in [6.45, 7) is 24.0. The highest BCUT2D eigenvalue weighted by molar-refractivity contribution is 8.68. The standard InChI is InChI=1S/C33H58N5O9PS2.H2S/c1-21(2)22-15-16-33(12)24(20-22)50-48(49,47-33)43-19-18-34-25(39)23(36-27(40)44-30(3,4)5)14-13-17-35-26(37-28(41)45-31(6,7)8)38-29(42)46-32(9,10)11;/h22-24H,1,13-20H2,2-12H3,(H,34,39)(H,36,40)(H2,35,37,38,41,42);1H2/t22-,23-,24+,33+,48-;/m0./s1. The molecule has 294 valence electrons. The average molecular weight is 798 g/mol. The number of ether oxygens (including phenoxy) is 3. The van der Waals surface area contributed by atoms with Crippen molar-refractivity contribution >= 4 is 72.5 Å². The Morgan fingerprint density at radius 2 is 1.51 bits per heavy atom. The van der Waals surface area contributed by atoms with Crippen molar-refractivity contribution in [3.63, 3.8) is 0 Å². The first-order chi connectivity index (χ1) is 22.8. The van der Waals surface area contributed by atoms with Gasteiger partial charge in [-0.1, -0.05) is 23.5 Å². The van der Waals surface area contributed by atoms with Gasteiger partial charge < -0.3 is 33.9 Å². The molecule has 14 nitrogen and oxygen atoms in total. The maximum Gasteiger partial charge on any atom is 0.414 e. The zero-order valence-corrected chi connectivity index (χ0v) is 35.5. The Morgan fingerprint density at radius 1 is 0.980 bits per heavy atom. The zero-order chi connectivity index (χ0) is 38.1. The Hall–Kier alpha value is -2.04. The molecule has 1 aliphatic carbocycles. The molecule has 1 saturated heterocycles. The smallest absolute Gasteiger partial charge is 0.414 e. The van der Waals surface area contributed by atoms with Crippen LogP contribution in [-0.4, -0.2) is 83.5 Å². The van der Waals surface area contributed by atoms with Crippen LogP contribution in [0.1, 0.15) is 108 Å². The number of allylic oxidation sites excluding steroid dienone is 1. The number of hydrogen-bond donors (Lipinski definition) is 4. The minimum absolute atomic E-state index is 0. The predicted octanol–water partition coefficient (Wildman–Crippen LogP) is 6.80. The number of amides is 4. The molecule has 18 heteroatoms. The van der Waals surface area contributed by atoms with Gasteiger partial charge in [-0.3, -0.25) is 20.4 Å². The van der Waals surface area contributed by atoms with E-state index in [1.807, 2.05) is 0 Å². The highest BCUT2D eigenvalue weighted by Crippen LogP contribution is 2.74. The normalized spacial score (nSPS) is 23.7. The number of alkyl carbamates (subject to hydrolysis) is 3. The van der Waals surface area contributed by atoms with Crippen molar-refractivity contribution in [2.24, 2.45) is 10.9 Å². The Morgan fingerprint density at radius 3 is 2.02 bits per heavy atom. The fraction of sp³-hybridized carbons (Fsp3) is 0.788. The highest BCUT2D eigenvalue weighted by atomic mass is 32.9. The first-order valence-corrected chi connectivity index (χ1v) is 21.0. The second kappa shape index (κ2) is 19.3. The summed E-state index contributed by atoms with van der Waals surface area (Å²) >= 11 is 7.43. The third kappa shape index (κ3) is 18.0. The molecular weight excluding hydrogens is 738 g/mol. The summed E-state index contributed by atoms with van der Waals surface area (Å²) in [4.78, 5) is 55.0. The molecule has 2 rings (SSSR count). The van der Waals surface area contributed by atoms with Gasteiger partial charge in [0.2, 0.25) is 17.6 Å². The third-order valence-electron chi connectivity index (χ3n) is 7.26. The molecule has 0 aromatic rings. The minimum atomic E-state index is -2.62. The molecule has 0 aromatic carbocycles. The van der Waals surface area contributed by atoms with Crippen LogP contribution in [-0.2, 0) is 39.9 Å². The van der Waals surface area contributed by atoms with Gasteiger partial charge in [0, 0.05) is 18.3 Å². The van der Waals surface area contributed by atoms with Crippen molar-refractivity contribution in [2.75, 3.05) is 19.7 Å². The van der Waals surface area contributed by atoms with E-state index in [1.54, 1.807) is 73.7 Å². The lowest BCUT2D eigenvalue weighted by molar-refractivity contribution is -0.123. The van der Waals surface area contributed by atoms with Gasteiger partial charge in [0.25, 0.3) is 0 Å². The van der Waals surface area contributed by atoms with Crippen molar-refractivity contribution in [3.05, 3.63) is 12.2 Å². The summed E-state index contributed by atoms with van der Waals surface area (Å²) in [5, 5.41) is 10.5. The van der Waals surface area contributed by atoms with Gasteiger partial charge in [0.05, 0.1) is 12.2 Å². The Kier molecular flexibility index (Phi) is 17.8. The zero-order valence-electron chi connectivity index (χ0n) is 32.0. The molecule has 0 unspecified atom stereocenters. The van der Waals surface area contributed by atoms with Gasteiger partial charge in [0.15, 0.2) is 0 Å². The van der Waals surface area contributed by atoms with Crippen LogP contribution in [0.25, 0.3) is 0 Å². The molecular formula is C33H60N5O9PS3. The van der Waals surface area contributed by atoms with Gasteiger partial charge in [0.1, 0.15) is 22.8 Å². The lowest BCUT2D eigenvalue weighted by atomic mass is 9.77. The van der Waals surface area contributed by atoms with Crippen LogP contribution in [0.5, 0.6) is 0 Å². The largest absolute Gasteiger partial charge is 0.444 e. The lowest BCUT2D eigenvalue weighted by Gasteiger charge is -2.37. The Bertz CT molecular complexity index is 1300. The van der Waals surface area contributed by atoms with Crippen LogP contribution in [0.4, 0.5) is 14.4 Å². The molecule has 0 bridgehead atoms. The topological polar surface area (TPSA) is 175 Å². The molecule has 4 N–H and O–H groups in total. The maximum absolute atomic E-state index is 13.3. The van der Waals surface area contributed by atoms with E-state index < -0.39 is 52.7 Å². The number of nitrogens with zero attached hydrogens (tertiary/aromatic N) is 1. The summed E-state index contributed by atoms with van der Waals surface area (Å²) in [7, 11) is 0. The molecule has 2 aliphatic rings. The fourth-order valence-electron chi connectivity index (χ4n) is 5.01. The number of nitrogens with one attached hydrogen (secondary N) is 4. The summed E-state index contributed by atoms with van der Waals surface area (Å²) in [6, 6.07) is -0.980. The van der Waals surface area contributed by atoms with Crippen molar-refractivity contribution in [1.29, 1.82) is 0 Å². The summed E-state index contributed by atoms with van der Waals surface area (Å²) in [6.07, 6.45) is 0.863. The Labute approximate surface area is 319 Å². The van der Waals surface area contributed by atoms with Crippen molar-refractivity contribution < 1.29 is 42.4 Å². The molecule has 1 saturated carbocycles. The van der Waals surface area contributed by atoms with Crippen LogP contribution in [0.15, 0.2) is 17.1 Å². The van der Waals surface area contributed by atoms with Crippen molar-refractivity contribution in [1.82, 2.24) is 21.3 Å². The van der Waals surface area contributed by atoms with Gasteiger partial charge in [-0.25, -0.2) is 14.4 Å². The number of rotatable bonds is 11. The molecule has 4 amide bonds. The molecule has 0 radical (unpaired) electrons. The van der Waals surface area contributed by atoms with Gasteiger partial charge in [-0.15, -0.1) is 0 Å². The number of carbonyl (C=O) groups is 4. The summed E-state index contributed by atoms with van der Waals surface area (Å²) < 4.78 is 28.4. The average Bonchev–Trinajstić information content (AvgIpc) is 3.18. The van der Waals surface area contributed by atoms with E-state index in [9.17, 15) is 19.2 Å². The van der Waals surface area contributed by atoms with Crippen LogP contribution in [0.2, 0.25) is 0 Å². The predicted molar refractivity (Wildman–Crippen MR) is 210 cm³/mol. The molecule has 0 aromatic heterocycles. The quantitative estimate of drug-likeness (QED) is 0.0432. The molecule has 2 fully saturated rings. The number of aliphatic imine (C=N–C) groups is 1. The van der Waals surface area contributed by atoms with Crippen molar-refractivity contribution in [3.8, 4) is 0 Å². The first-order valence-electron chi connectivity index (χ1n) is 16.9. The SMILES string of the molecule is C=C(C)[C@H]1CC[C@@]2(C)O[P@](=S)(OCCNC(=O)[C@H](CCCN=C(NC(=O)OC(C)(C)C)NC(=O)OC(C)(C)C)NC(=O)OC(C)(C)C)S[C@@H]2C1.S. The maximum atomic E-state index is 13.3. The molecule has 0 spiro atoms. The Balaban J connectivity index is 0.0000130. The van der Waals surface area contributed by atoms with Gasteiger partial charge in [-0.05, 0) is 126 Å². The third-order valence-corrected chi connectivity index (χ3v) is 13.0. The number of fused-ring (bicyclic) bond motifs is 1. The van der Waals surface area contributed by atoms with Crippen LogP contribution in [0.3, 0.4) is 0 Å². The molecule has 1 heterocycles. The summed E-state index contributed by atoms with van der Waals surface area (Å²) in [5.41, 5.74) is -4.14. The fourth-order valence-corrected chi connectivity index (χ4v) is 11.9. The monoisotopic (exact) mass is 797 g/mol. The number of hydrogen-bond acceptors (Lipinski definition) is 12. The van der Waals surface area contributed by atoms with Crippen LogP contribution in [0, 0.1) is 5.92 Å². The number of carbonyl (C=O) groups excluding carboxylic acids is 4. The van der Waals surface area contributed by atoms with Crippen molar-refractivity contribution in [2.45, 2.75) is 142 Å². The lowest BCUT2D eigenvalue weighted by Crippen LogP contribution is -2.49. The number of guanidine groups is 1. The van der Waals surface area contributed by atoms with E-state index in [0.717, 1.165) is 19.3 Å². The second-order valence-corrected chi connectivity index (χ2v) is 22.0. The highest BCUT2D eigenvalue weighted by Gasteiger charge is 2.53. The summed E-state index contributed by atoms with van der Waals surface area (Å²) in [5.74, 6) is -0.202.